The summed E-state index contributed by atoms with van der Waals surface area (Å²) in [6.45, 7) is 8.74. The van der Waals surface area contributed by atoms with Crippen molar-refractivity contribution in [3.05, 3.63) is 17.5 Å². The Balaban J connectivity index is 2.04. The first kappa shape index (κ1) is 15.0. The third-order valence-corrected chi connectivity index (χ3v) is 4.08. The van der Waals surface area contributed by atoms with E-state index in [0.29, 0.717) is 18.0 Å². The van der Waals surface area contributed by atoms with E-state index in [9.17, 15) is 4.79 Å². The highest BCUT2D eigenvalue weighted by molar-refractivity contribution is 5.95. The maximum Gasteiger partial charge on any atom is 0.257 e. The Bertz CT molecular complexity index is 468. The number of aromatic nitrogens is 2. The quantitative estimate of drug-likeness (QED) is 0.892. The minimum atomic E-state index is 0.0502. The molecule has 0 radical (unpaired) electrons. The van der Waals surface area contributed by atoms with Gasteiger partial charge in [0.1, 0.15) is 0 Å². The fourth-order valence-electron chi connectivity index (χ4n) is 2.60. The normalized spacial score (nSPS) is 19.1. The third-order valence-electron chi connectivity index (χ3n) is 4.08. The van der Waals surface area contributed by atoms with Gasteiger partial charge in [-0.2, -0.15) is 5.10 Å². The Morgan fingerprint density at radius 2 is 2.30 bits per heavy atom. The van der Waals surface area contributed by atoms with Gasteiger partial charge in [0.15, 0.2) is 0 Å². The highest BCUT2D eigenvalue weighted by Gasteiger charge is 2.28. The van der Waals surface area contributed by atoms with Crippen LogP contribution in [0.1, 0.15) is 42.7 Å². The van der Waals surface area contributed by atoms with Crippen LogP contribution in [0.25, 0.3) is 0 Å². The molecule has 1 fully saturated rings. The summed E-state index contributed by atoms with van der Waals surface area (Å²) in [7, 11) is 0. The zero-order valence-corrected chi connectivity index (χ0v) is 12.7. The second kappa shape index (κ2) is 6.39. The predicted octanol–water partition coefficient (Wildman–Crippen LogP) is 1.69. The van der Waals surface area contributed by atoms with Crippen LogP contribution in [0.15, 0.2) is 6.20 Å². The molecule has 1 saturated heterocycles. The SMILES string of the molecule is Cc1c(C(=O)N2CCC(CO)C2)cnn1CCC(C)C. The lowest BCUT2D eigenvalue weighted by atomic mass is 10.1. The molecule has 0 saturated carbocycles. The maximum absolute atomic E-state index is 12.5. The largest absolute Gasteiger partial charge is 0.396 e. The molecule has 1 amide bonds. The first-order valence-electron chi connectivity index (χ1n) is 7.45. The number of aryl methyl sites for hydroxylation is 1. The van der Waals surface area contributed by atoms with Gasteiger partial charge < -0.3 is 10.0 Å². The number of carbonyl (C=O) groups excluding carboxylic acids is 1. The van der Waals surface area contributed by atoms with Gasteiger partial charge in [-0.1, -0.05) is 13.8 Å². The van der Waals surface area contributed by atoms with E-state index < -0.39 is 0 Å². The third kappa shape index (κ3) is 3.20. The molecule has 0 spiro atoms. The molecule has 0 aromatic carbocycles. The van der Waals surface area contributed by atoms with E-state index in [0.717, 1.165) is 31.6 Å². The topological polar surface area (TPSA) is 58.4 Å². The molecule has 1 aromatic rings. The Morgan fingerprint density at radius 3 is 2.90 bits per heavy atom. The molecule has 1 N–H and O–H groups in total. The lowest BCUT2D eigenvalue weighted by molar-refractivity contribution is 0.0781. The summed E-state index contributed by atoms with van der Waals surface area (Å²) in [6.07, 6.45) is 3.64. The smallest absolute Gasteiger partial charge is 0.257 e. The number of aliphatic hydroxyl groups excluding tert-OH is 1. The fourth-order valence-corrected chi connectivity index (χ4v) is 2.60. The number of hydrogen-bond acceptors (Lipinski definition) is 3. The summed E-state index contributed by atoms with van der Waals surface area (Å²) in [5.41, 5.74) is 1.65. The molecule has 1 unspecified atom stereocenters. The molecule has 1 aliphatic rings. The van der Waals surface area contributed by atoms with Crippen molar-refractivity contribution in [2.45, 2.75) is 40.2 Å². The zero-order chi connectivity index (χ0) is 14.7. The molecule has 1 aromatic heterocycles. The maximum atomic E-state index is 12.5. The van der Waals surface area contributed by atoms with E-state index in [1.807, 2.05) is 16.5 Å². The highest BCUT2D eigenvalue weighted by atomic mass is 16.3. The Hall–Kier alpha value is -1.36. The average molecular weight is 279 g/mol. The minimum absolute atomic E-state index is 0.0502. The van der Waals surface area contributed by atoms with Crippen LogP contribution in [0.5, 0.6) is 0 Å². The number of rotatable bonds is 5. The lowest BCUT2D eigenvalue weighted by Crippen LogP contribution is -2.29. The van der Waals surface area contributed by atoms with E-state index in [-0.39, 0.29) is 18.4 Å². The van der Waals surface area contributed by atoms with E-state index in [1.54, 1.807) is 6.20 Å². The van der Waals surface area contributed by atoms with Crippen molar-refractivity contribution in [2.24, 2.45) is 11.8 Å². The van der Waals surface area contributed by atoms with Crippen LogP contribution in [-0.2, 0) is 6.54 Å². The molecule has 2 heterocycles. The Kier molecular flexibility index (Phi) is 4.81. The molecule has 5 heteroatoms. The van der Waals surface area contributed by atoms with Crippen LogP contribution >= 0.6 is 0 Å². The summed E-state index contributed by atoms with van der Waals surface area (Å²) in [6, 6.07) is 0. The van der Waals surface area contributed by atoms with Crippen LogP contribution in [0, 0.1) is 18.8 Å². The number of aliphatic hydroxyl groups is 1. The Labute approximate surface area is 120 Å². The van der Waals surface area contributed by atoms with Crippen LogP contribution in [0.4, 0.5) is 0 Å². The number of amides is 1. The summed E-state index contributed by atoms with van der Waals surface area (Å²) in [5, 5.41) is 13.5. The van der Waals surface area contributed by atoms with Crippen molar-refractivity contribution in [1.82, 2.24) is 14.7 Å². The standard InChI is InChI=1S/C15H25N3O2/c1-11(2)4-7-18-12(3)14(8-16-18)15(20)17-6-5-13(9-17)10-19/h8,11,13,19H,4-7,9-10H2,1-3H3. The molecular weight excluding hydrogens is 254 g/mol. The van der Waals surface area contributed by atoms with Gasteiger partial charge in [-0.25, -0.2) is 0 Å². The van der Waals surface area contributed by atoms with Crippen LogP contribution < -0.4 is 0 Å². The highest BCUT2D eigenvalue weighted by Crippen LogP contribution is 2.20. The van der Waals surface area contributed by atoms with Crippen molar-refractivity contribution in [2.75, 3.05) is 19.7 Å². The number of carbonyl (C=O) groups is 1. The molecule has 0 bridgehead atoms. The second-order valence-corrected chi connectivity index (χ2v) is 6.14. The first-order valence-corrected chi connectivity index (χ1v) is 7.45. The van der Waals surface area contributed by atoms with Crippen LogP contribution in [0.3, 0.4) is 0 Å². The second-order valence-electron chi connectivity index (χ2n) is 6.14. The van der Waals surface area contributed by atoms with Crippen molar-refractivity contribution >= 4 is 5.91 Å². The molecule has 0 aliphatic carbocycles. The van der Waals surface area contributed by atoms with Gasteiger partial charge >= 0.3 is 0 Å². The van der Waals surface area contributed by atoms with E-state index >= 15 is 0 Å². The summed E-state index contributed by atoms with van der Waals surface area (Å²) in [5.74, 6) is 0.908. The van der Waals surface area contributed by atoms with Gasteiger partial charge in [0, 0.05) is 37.9 Å². The molecular formula is C15H25N3O2. The van der Waals surface area contributed by atoms with Gasteiger partial charge in [0.2, 0.25) is 0 Å². The summed E-state index contributed by atoms with van der Waals surface area (Å²) < 4.78 is 1.92. The van der Waals surface area contributed by atoms with Crippen LogP contribution in [-0.4, -0.2) is 45.4 Å². The van der Waals surface area contributed by atoms with Crippen molar-refractivity contribution in [3.63, 3.8) is 0 Å². The van der Waals surface area contributed by atoms with Gasteiger partial charge in [0.25, 0.3) is 5.91 Å². The molecule has 1 atom stereocenters. The molecule has 5 nitrogen and oxygen atoms in total. The zero-order valence-electron chi connectivity index (χ0n) is 12.7. The van der Waals surface area contributed by atoms with E-state index in [4.69, 9.17) is 5.11 Å². The molecule has 112 valence electrons. The van der Waals surface area contributed by atoms with Gasteiger partial charge in [-0.05, 0) is 25.7 Å². The number of nitrogens with zero attached hydrogens (tertiary/aromatic N) is 3. The lowest BCUT2D eigenvalue weighted by Gasteiger charge is -2.16. The minimum Gasteiger partial charge on any atom is -0.396 e. The first-order chi connectivity index (χ1) is 9.52. The monoisotopic (exact) mass is 279 g/mol. The van der Waals surface area contributed by atoms with Gasteiger partial charge in [-0.15, -0.1) is 0 Å². The molecule has 20 heavy (non-hydrogen) atoms. The fraction of sp³-hybridized carbons (Fsp3) is 0.733. The van der Waals surface area contributed by atoms with Crippen molar-refractivity contribution < 1.29 is 9.90 Å². The van der Waals surface area contributed by atoms with Crippen LogP contribution in [0.2, 0.25) is 0 Å². The summed E-state index contributed by atoms with van der Waals surface area (Å²) >= 11 is 0. The van der Waals surface area contributed by atoms with E-state index in [2.05, 4.69) is 18.9 Å². The Morgan fingerprint density at radius 1 is 1.55 bits per heavy atom. The number of hydrogen-bond donors (Lipinski definition) is 1. The predicted molar refractivity (Wildman–Crippen MR) is 77.5 cm³/mol. The average Bonchev–Trinajstić information content (AvgIpc) is 3.02. The van der Waals surface area contributed by atoms with E-state index in [1.165, 1.54) is 0 Å². The van der Waals surface area contributed by atoms with Crippen molar-refractivity contribution in [1.29, 1.82) is 0 Å². The van der Waals surface area contributed by atoms with Crippen molar-refractivity contribution in [3.8, 4) is 0 Å². The molecule has 1 aliphatic heterocycles. The number of likely N-dealkylation sites (tertiary alicyclic amines) is 1. The van der Waals surface area contributed by atoms with Gasteiger partial charge in [-0.3, -0.25) is 9.48 Å². The molecule has 2 rings (SSSR count). The summed E-state index contributed by atoms with van der Waals surface area (Å²) in [4.78, 5) is 14.3. The van der Waals surface area contributed by atoms with Gasteiger partial charge in [0.05, 0.1) is 11.8 Å².